The number of oxime groups is 1. The van der Waals surface area contributed by atoms with Crippen molar-refractivity contribution in [3.63, 3.8) is 0 Å². The van der Waals surface area contributed by atoms with E-state index in [4.69, 9.17) is 4.84 Å². The first-order chi connectivity index (χ1) is 12.4. The molecular formula is C18H25N5O3. The number of nitrogens with zero attached hydrogens (tertiary/aromatic N) is 4. The number of rotatable bonds is 5. The summed E-state index contributed by atoms with van der Waals surface area (Å²) < 4.78 is 0. The molecule has 0 radical (unpaired) electrons. The molecule has 0 aromatic carbocycles. The van der Waals surface area contributed by atoms with Crippen LogP contribution in [0.1, 0.15) is 44.5 Å². The molecule has 3 rings (SSSR count). The van der Waals surface area contributed by atoms with Gasteiger partial charge in [-0.05, 0) is 12.8 Å². The maximum atomic E-state index is 12.3. The van der Waals surface area contributed by atoms with E-state index >= 15 is 0 Å². The fourth-order valence-corrected chi connectivity index (χ4v) is 3.18. The van der Waals surface area contributed by atoms with E-state index < -0.39 is 5.60 Å². The van der Waals surface area contributed by atoms with Crippen molar-refractivity contribution < 1.29 is 14.4 Å². The van der Waals surface area contributed by atoms with Gasteiger partial charge < -0.3 is 15.1 Å². The predicted octanol–water partition coefficient (Wildman–Crippen LogP) is 1.19. The Morgan fingerprint density at radius 1 is 1.35 bits per heavy atom. The van der Waals surface area contributed by atoms with Gasteiger partial charge in [0.15, 0.2) is 5.60 Å². The van der Waals surface area contributed by atoms with Crippen molar-refractivity contribution in [3.8, 4) is 0 Å². The van der Waals surface area contributed by atoms with Crippen LogP contribution in [0.25, 0.3) is 0 Å². The topological polar surface area (TPSA) is 96.8 Å². The zero-order valence-corrected chi connectivity index (χ0v) is 15.5. The van der Waals surface area contributed by atoms with Crippen molar-refractivity contribution >= 4 is 17.5 Å². The largest absolute Gasteiger partial charge is 0.386 e. The maximum absolute atomic E-state index is 12.3. The number of carbonyl (C=O) groups is 2. The highest BCUT2D eigenvalue weighted by Crippen LogP contribution is 2.34. The van der Waals surface area contributed by atoms with Gasteiger partial charge in [-0.2, -0.15) is 0 Å². The van der Waals surface area contributed by atoms with Crippen molar-refractivity contribution in [3.05, 3.63) is 23.8 Å². The number of likely N-dealkylation sites (tertiary alicyclic amines) is 1. The predicted molar refractivity (Wildman–Crippen MR) is 95.1 cm³/mol. The molecule has 2 amide bonds. The van der Waals surface area contributed by atoms with Gasteiger partial charge in [0.2, 0.25) is 5.91 Å². The molecule has 1 fully saturated rings. The van der Waals surface area contributed by atoms with Crippen molar-refractivity contribution in [1.29, 1.82) is 0 Å². The summed E-state index contributed by atoms with van der Waals surface area (Å²) in [6, 6.07) is 0. The fraction of sp³-hybridized carbons (Fsp3) is 0.611. The minimum absolute atomic E-state index is 0.135. The summed E-state index contributed by atoms with van der Waals surface area (Å²) >= 11 is 0. The first kappa shape index (κ1) is 18.3. The van der Waals surface area contributed by atoms with Crippen LogP contribution in [0.5, 0.6) is 0 Å². The van der Waals surface area contributed by atoms with Crippen LogP contribution in [0.2, 0.25) is 0 Å². The van der Waals surface area contributed by atoms with Gasteiger partial charge in [0.25, 0.3) is 5.91 Å². The Labute approximate surface area is 153 Å². The van der Waals surface area contributed by atoms with Gasteiger partial charge in [-0.3, -0.25) is 19.6 Å². The molecule has 0 bridgehead atoms. The summed E-state index contributed by atoms with van der Waals surface area (Å²) in [5.41, 5.74) is 1.32. The third kappa shape index (κ3) is 4.17. The van der Waals surface area contributed by atoms with Crippen LogP contribution in [0.15, 0.2) is 17.5 Å². The molecule has 0 saturated carbocycles. The smallest absolute Gasteiger partial charge is 0.269 e. The number of nitrogens with one attached hydrogen (secondary N) is 1. The van der Waals surface area contributed by atoms with Crippen LogP contribution < -0.4 is 5.32 Å². The fourth-order valence-electron chi connectivity index (χ4n) is 3.18. The highest BCUT2D eigenvalue weighted by molar-refractivity contribution is 6.39. The second kappa shape index (κ2) is 7.39. The minimum Gasteiger partial charge on any atom is -0.386 e. The number of carbonyl (C=O) groups excluding carboxylic acids is 2. The third-order valence-electron chi connectivity index (χ3n) is 4.62. The molecule has 1 aromatic heterocycles. The second-order valence-corrected chi connectivity index (χ2v) is 7.48. The van der Waals surface area contributed by atoms with Gasteiger partial charge in [0.1, 0.15) is 5.71 Å². The second-order valence-electron chi connectivity index (χ2n) is 7.48. The summed E-state index contributed by atoms with van der Waals surface area (Å²) in [4.78, 5) is 40.3. The van der Waals surface area contributed by atoms with E-state index in [-0.39, 0.29) is 18.4 Å². The standard InChI is InChI=1S/C18H25N5O3/c1-12(2)6-16(24)23-5-4-18(11-23)7-15(22-26-18)17(25)21-10-14-9-19-13(3)8-20-14/h8-9,12H,4-7,10-11H2,1-3H3,(H,21,25)/t18-/m1/s1. The molecule has 8 nitrogen and oxygen atoms in total. The molecule has 1 atom stereocenters. The van der Waals surface area contributed by atoms with Crippen LogP contribution in [0, 0.1) is 12.8 Å². The number of hydrogen-bond donors (Lipinski definition) is 1. The maximum Gasteiger partial charge on any atom is 0.269 e. The Kier molecular flexibility index (Phi) is 5.20. The van der Waals surface area contributed by atoms with Gasteiger partial charge in [-0.1, -0.05) is 19.0 Å². The molecule has 8 heteroatoms. The highest BCUT2D eigenvalue weighted by Gasteiger charge is 2.47. The molecule has 3 heterocycles. The monoisotopic (exact) mass is 359 g/mol. The van der Waals surface area contributed by atoms with Gasteiger partial charge in [0, 0.05) is 32.0 Å². The summed E-state index contributed by atoms with van der Waals surface area (Å²) in [6.07, 6.45) is 4.94. The number of amides is 2. The Morgan fingerprint density at radius 2 is 2.15 bits per heavy atom. The lowest BCUT2D eigenvalue weighted by molar-refractivity contribution is -0.132. The Balaban J connectivity index is 1.50. The molecule has 2 aliphatic heterocycles. The zero-order valence-electron chi connectivity index (χ0n) is 15.5. The molecule has 0 unspecified atom stereocenters. The SMILES string of the molecule is Cc1cnc(CNC(=O)C2=NO[C@]3(CCN(C(=O)CC(C)C)C3)C2)cn1. The van der Waals surface area contributed by atoms with Crippen LogP contribution in [0.3, 0.4) is 0 Å². The normalized spacial score (nSPS) is 21.8. The van der Waals surface area contributed by atoms with Crippen molar-refractivity contribution in [2.45, 2.75) is 52.2 Å². The Hall–Kier alpha value is -2.51. The molecule has 1 aromatic rings. The zero-order chi connectivity index (χ0) is 18.7. The summed E-state index contributed by atoms with van der Waals surface area (Å²) in [5.74, 6) is 0.193. The Bertz CT molecular complexity index is 716. The van der Waals surface area contributed by atoms with E-state index in [1.807, 2.05) is 25.7 Å². The first-order valence-electron chi connectivity index (χ1n) is 8.95. The average molecular weight is 359 g/mol. The van der Waals surface area contributed by atoms with Crippen LogP contribution in [0.4, 0.5) is 0 Å². The van der Waals surface area contributed by atoms with E-state index in [2.05, 4.69) is 20.4 Å². The molecule has 140 valence electrons. The number of aryl methyl sites for hydroxylation is 1. The minimum atomic E-state index is -0.553. The van der Waals surface area contributed by atoms with Crippen molar-refractivity contribution in [2.24, 2.45) is 11.1 Å². The van der Waals surface area contributed by atoms with Crippen LogP contribution in [-0.4, -0.2) is 51.1 Å². The number of aromatic nitrogens is 2. The van der Waals surface area contributed by atoms with Gasteiger partial charge in [0.05, 0.1) is 30.7 Å². The molecule has 26 heavy (non-hydrogen) atoms. The van der Waals surface area contributed by atoms with E-state index in [1.165, 1.54) is 0 Å². The summed E-state index contributed by atoms with van der Waals surface area (Å²) in [6.45, 7) is 7.34. The van der Waals surface area contributed by atoms with E-state index in [9.17, 15) is 9.59 Å². The summed E-state index contributed by atoms with van der Waals surface area (Å²) in [7, 11) is 0. The molecule has 1 saturated heterocycles. The van der Waals surface area contributed by atoms with Crippen molar-refractivity contribution in [2.75, 3.05) is 13.1 Å². The molecule has 1 N–H and O–H groups in total. The van der Waals surface area contributed by atoms with E-state index in [0.29, 0.717) is 49.7 Å². The molecular weight excluding hydrogens is 334 g/mol. The quantitative estimate of drug-likeness (QED) is 0.852. The van der Waals surface area contributed by atoms with Crippen LogP contribution >= 0.6 is 0 Å². The van der Waals surface area contributed by atoms with Gasteiger partial charge in [-0.25, -0.2) is 0 Å². The highest BCUT2D eigenvalue weighted by atomic mass is 16.7. The lowest BCUT2D eigenvalue weighted by atomic mass is 9.96. The van der Waals surface area contributed by atoms with Crippen molar-refractivity contribution in [1.82, 2.24) is 20.2 Å². The summed E-state index contributed by atoms with van der Waals surface area (Å²) in [5, 5.41) is 6.78. The van der Waals surface area contributed by atoms with Crippen LogP contribution in [-0.2, 0) is 21.0 Å². The first-order valence-corrected chi connectivity index (χ1v) is 8.95. The lowest BCUT2D eigenvalue weighted by Gasteiger charge is -2.22. The van der Waals surface area contributed by atoms with Gasteiger partial charge >= 0.3 is 0 Å². The third-order valence-corrected chi connectivity index (χ3v) is 4.62. The van der Waals surface area contributed by atoms with Gasteiger partial charge in [-0.15, -0.1) is 0 Å². The van der Waals surface area contributed by atoms with E-state index in [0.717, 1.165) is 5.69 Å². The Morgan fingerprint density at radius 3 is 2.85 bits per heavy atom. The average Bonchev–Trinajstić information content (AvgIpc) is 3.21. The lowest BCUT2D eigenvalue weighted by Crippen LogP contribution is -2.38. The van der Waals surface area contributed by atoms with E-state index in [1.54, 1.807) is 12.4 Å². The molecule has 0 aliphatic carbocycles. The molecule has 1 spiro atoms. The molecule has 2 aliphatic rings. The number of hydrogen-bond acceptors (Lipinski definition) is 6.